The molecule has 1 aromatic rings. The third-order valence-corrected chi connectivity index (χ3v) is 4.85. The normalized spacial score (nSPS) is 14.4. The Balaban J connectivity index is 2.65. The maximum Gasteiger partial charge on any atom is 0.0411 e. The summed E-state index contributed by atoms with van der Waals surface area (Å²) < 4.78 is 0. The molecule has 0 aromatic heterocycles. The van der Waals surface area contributed by atoms with Gasteiger partial charge in [-0.25, -0.2) is 0 Å². The molecule has 0 aliphatic rings. The molecule has 0 bridgehead atoms. The van der Waals surface area contributed by atoms with E-state index in [1.165, 1.54) is 34.6 Å². The van der Waals surface area contributed by atoms with Crippen molar-refractivity contribution in [3.63, 3.8) is 0 Å². The van der Waals surface area contributed by atoms with Crippen LogP contribution in [0.25, 0.3) is 0 Å². The van der Waals surface area contributed by atoms with Crippen LogP contribution >= 0.6 is 11.8 Å². The smallest absolute Gasteiger partial charge is 0.0411 e. The second-order valence-corrected chi connectivity index (χ2v) is 6.66. The molecule has 0 saturated carbocycles. The minimum atomic E-state index is 0.484. The van der Waals surface area contributed by atoms with Crippen molar-refractivity contribution in [2.75, 3.05) is 18.1 Å². The standard InChI is InChI=1S/C17H29NS/c1-6-13(3)11-19-12-17(18-7-2)16-9-14(4)8-15(5)10-16/h8-10,13,17-18H,6-7,11-12H2,1-5H3. The number of hydrogen-bond donors (Lipinski definition) is 1. The highest BCUT2D eigenvalue weighted by Gasteiger charge is 2.12. The predicted molar refractivity (Wildman–Crippen MR) is 89.1 cm³/mol. The van der Waals surface area contributed by atoms with Crippen LogP contribution in [-0.2, 0) is 0 Å². The first-order valence-electron chi connectivity index (χ1n) is 7.46. The summed E-state index contributed by atoms with van der Waals surface area (Å²) in [6, 6.07) is 7.38. The van der Waals surface area contributed by atoms with Crippen molar-refractivity contribution >= 4 is 11.8 Å². The Labute approximate surface area is 123 Å². The highest BCUT2D eigenvalue weighted by molar-refractivity contribution is 7.99. The van der Waals surface area contributed by atoms with Crippen molar-refractivity contribution in [1.82, 2.24) is 5.32 Å². The Morgan fingerprint density at radius 2 is 1.68 bits per heavy atom. The van der Waals surface area contributed by atoms with Crippen LogP contribution in [0.15, 0.2) is 18.2 Å². The molecule has 2 atom stereocenters. The summed E-state index contributed by atoms with van der Waals surface area (Å²) in [5.74, 6) is 3.26. The summed E-state index contributed by atoms with van der Waals surface area (Å²) >= 11 is 2.08. The molecule has 1 aromatic carbocycles. The third kappa shape index (κ3) is 6.01. The van der Waals surface area contributed by atoms with E-state index in [0.717, 1.165) is 12.5 Å². The van der Waals surface area contributed by atoms with Gasteiger partial charge in [0.15, 0.2) is 0 Å². The lowest BCUT2D eigenvalue weighted by molar-refractivity contribution is 0.601. The van der Waals surface area contributed by atoms with E-state index in [2.05, 4.69) is 69.9 Å². The predicted octanol–water partition coefficient (Wildman–Crippen LogP) is 4.73. The lowest BCUT2D eigenvalue weighted by Gasteiger charge is -2.20. The number of hydrogen-bond acceptors (Lipinski definition) is 2. The van der Waals surface area contributed by atoms with Gasteiger partial charge in [0.05, 0.1) is 0 Å². The van der Waals surface area contributed by atoms with E-state index >= 15 is 0 Å². The van der Waals surface area contributed by atoms with Gasteiger partial charge in [0, 0.05) is 11.8 Å². The topological polar surface area (TPSA) is 12.0 Å². The highest BCUT2D eigenvalue weighted by Crippen LogP contribution is 2.22. The monoisotopic (exact) mass is 279 g/mol. The first-order chi connectivity index (χ1) is 9.06. The summed E-state index contributed by atoms with van der Waals surface area (Å²) in [6.45, 7) is 12.2. The van der Waals surface area contributed by atoms with E-state index in [1.54, 1.807) is 0 Å². The van der Waals surface area contributed by atoms with Gasteiger partial charge in [-0.1, -0.05) is 56.5 Å². The van der Waals surface area contributed by atoms with E-state index in [9.17, 15) is 0 Å². The molecule has 1 nitrogen and oxygen atoms in total. The molecule has 0 spiro atoms. The Kier molecular flexibility index (Phi) is 7.55. The van der Waals surface area contributed by atoms with Crippen molar-refractivity contribution < 1.29 is 0 Å². The van der Waals surface area contributed by atoms with E-state index in [4.69, 9.17) is 0 Å². The quantitative estimate of drug-likeness (QED) is 0.738. The molecule has 0 aliphatic carbocycles. The van der Waals surface area contributed by atoms with E-state index < -0.39 is 0 Å². The van der Waals surface area contributed by atoms with Crippen LogP contribution in [0.5, 0.6) is 0 Å². The lowest BCUT2D eigenvalue weighted by Crippen LogP contribution is -2.23. The van der Waals surface area contributed by atoms with Crippen molar-refractivity contribution in [3.8, 4) is 0 Å². The van der Waals surface area contributed by atoms with Gasteiger partial charge < -0.3 is 5.32 Å². The molecule has 1 N–H and O–H groups in total. The van der Waals surface area contributed by atoms with Gasteiger partial charge in [0.2, 0.25) is 0 Å². The Morgan fingerprint density at radius 1 is 1.05 bits per heavy atom. The second kappa shape index (κ2) is 8.65. The van der Waals surface area contributed by atoms with Crippen molar-refractivity contribution in [3.05, 3.63) is 34.9 Å². The van der Waals surface area contributed by atoms with Crippen LogP contribution in [0, 0.1) is 19.8 Å². The molecule has 2 unspecified atom stereocenters. The number of benzene rings is 1. The van der Waals surface area contributed by atoms with E-state index in [1.807, 2.05) is 0 Å². The Hall–Kier alpha value is -0.470. The van der Waals surface area contributed by atoms with Crippen LogP contribution in [0.4, 0.5) is 0 Å². The lowest BCUT2D eigenvalue weighted by atomic mass is 10.0. The summed E-state index contributed by atoms with van der Waals surface area (Å²) in [5.41, 5.74) is 4.17. The fourth-order valence-electron chi connectivity index (χ4n) is 2.24. The second-order valence-electron chi connectivity index (χ2n) is 5.58. The number of aryl methyl sites for hydroxylation is 2. The molecule has 2 heteroatoms. The summed E-state index contributed by atoms with van der Waals surface area (Å²) in [4.78, 5) is 0. The number of rotatable bonds is 8. The van der Waals surface area contributed by atoms with Crippen molar-refractivity contribution in [2.45, 2.75) is 47.1 Å². The Morgan fingerprint density at radius 3 is 2.21 bits per heavy atom. The SMILES string of the molecule is CCNC(CSCC(C)CC)c1cc(C)cc(C)c1. The van der Waals surface area contributed by atoms with Gasteiger partial charge in [0.1, 0.15) is 0 Å². The molecular formula is C17H29NS. The molecule has 0 amide bonds. The molecule has 108 valence electrons. The molecule has 1 rings (SSSR count). The van der Waals surface area contributed by atoms with E-state index in [-0.39, 0.29) is 0 Å². The number of nitrogens with one attached hydrogen (secondary N) is 1. The van der Waals surface area contributed by atoms with Gasteiger partial charge in [-0.15, -0.1) is 0 Å². The summed E-state index contributed by atoms with van der Waals surface area (Å²) in [5, 5.41) is 3.62. The van der Waals surface area contributed by atoms with Crippen LogP contribution < -0.4 is 5.32 Å². The molecule has 0 fully saturated rings. The fraction of sp³-hybridized carbons (Fsp3) is 0.647. The number of thioether (sulfide) groups is 1. The van der Waals surface area contributed by atoms with Crippen LogP contribution in [0.1, 0.15) is 49.9 Å². The minimum absolute atomic E-state index is 0.484. The average Bonchev–Trinajstić information content (AvgIpc) is 2.36. The first-order valence-corrected chi connectivity index (χ1v) is 8.61. The minimum Gasteiger partial charge on any atom is -0.310 e. The molecule has 0 aliphatic heterocycles. The maximum atomic E-state index is 3.62. The van der Waals surface area contributed by atoms with Gasteiger partial charge in [-0.3, -0.25) is 0 Å². The maximum absolute atomic E-state index is 3.62. The molecule has 0 radical (unpaired) electrons. The molecule has 0 saturated heterocycles. The largest absolute Gasteiger partial charge is 0.310 e. The zero-order valence-electron chi connectivity index (χ0n) is 13.1. The average molecular weight is 279 g/mol. The van der Waals surface area contributed by atoms with E-state index in [0.29, 0.717) is 6.04 Å². The van der Waals surface area contributed by atoms with Gasteiger partial charge in [-0.2, -0.15) is 11.8 Å². The molecular weight excluding hydrogens is 250 g/mol. The van der Waals surface area contributed by atoms with Gasteiger partial charge in [-0.05, 0) is 37.6 Å². The first kappa shape index (κ1) is 16.6. The zero-order valence-corrected chi connectivity index (χ0v) is 13.9. The highest BCUT2D eigenvalue weighted by atomic mass is 32.2. The molecule has 0 heterocycles. The van der Waals surface area contributed by atoms with Crippen molar-refractivity contribution in [2.24, 2.45) is 5.92 Å². The van der Waals surface area contributed by atoms with Crippen LogP contribution in [-0.4, -0.2) is 18.1 Å². The van der Waals surface area contributed by atoms with Crippen LogP contribution in [0.3, 0.4) is 0 Å². The zero-order chi connectivity index (χ0) is 14.3. The fourth-order valence-corrected chi connectivity index (χ4v) is 3.56. The van der Waals surface area contributed by atoms with Crippen molar-refractivity contribution in [1.29, 1.82) is 0 Å². The van der Waals surface area contributed by atoms with Gasteiger partial charge in [0.25, 0.3) is 0 Å². The summed E-state index contributed by atoms with van der Waals surface area (Å²) in [7, 11) is 0. The van der Waals surface area contributed by atoms with Gasteiger partial charge >= 0.3 is 0 Å². The van der Waals surface area contributed by atoms with Crippen LogP contribution in [0.2, 0.25) is 0 Å². The Bertz CT molecular complexity index is 355. The summed E-state index contributed by atoms with van der Waals surface area (Å²) in [6.07, 6.45) is 1.28. The molecule has 19 heavy (non-hydrogen) atoms. The third-order valence-electron chi connectivity index (χ3n) is 3.48.